The number of hydrogen-bond donors (Lipinski definition) is 1. The maximum atomic E-state index is 12.4. The molecule has 256 valence electrons. The van der Waals surface area contributed by atoms with Crippen LogP contribution in [0.15, 0.2) is 0 Å². The molecular weight excluding hydrogens is 530 g/mol. The number of rotatable bonds is 34. The van der Waals surface area contributed by atoms with Crippen LogP contribution in [0.3, 0.4) is 0 Å². The van der Waals surface area contributed by atoms with E-state index in [-0.39, 0.29) is 17.4 Å². The van der Waals surface area contributed by atoms with Gasteiger partial charge in [0.15, 0.2) is 0 Å². The number of carbonyl (C=O) groups excluding carboxylic acids is 2. The fraction of sp³-hybridized carbons (Fsp3) is 0.949. The smallest absolute Gasteiger partial charge is 0.305 e. The second-order valence-electron chi connectivity index (χ2n) is 14.1. The Kier molecular flexibility index (Phi) is 31.5. The van der Waals surface area contributed by atoms with E-state index in [1.807, 2.05) is 13.8 Å². The lowest BCUT2D eigenvalue weighted by molar-refractivity contribution is -0.144. The largest absolute Gasteiger partial charge is 0.466 e. The van der Waals surface area contributed by atoms with Crippen LogP contribution in [-0.2, 0) is 14.3 Å². The van der Waals surface area contributed by atoms with E-state index in [1.165, 1.54) is 154 Å². The summed E-state index contributed by atoms with van der Waals surface area (Å²) in [5.74, 6) is 0.0287. The van der Waals surface area contributed by atoms with Gasteiger partial charge in [-0.25, -0.2) is 0 Å². The molecule has 0 radical (unpaired) electrons. The lowest BCUT2D eigenvalue weighted by atomic mass is 10.0. The zero-order valence-corrected chi connectivity index (χ0v) is 29.9. The number of hydrogen-bond acceptors (Lipinski definition) is 3. The van der Waals surface area contributed by atoms with Crippen molar-refractivity contribution < 1.29 is 14.3 Å². The lowest BCUT2D eigenvalue weighted by Crippen LogP contribution is -2.44. The average molecular weight is 608 g/mol. The number of carbonyl (C=O) groups is 2. The molecule has 0 aliphatic heterocycles. The average Bonchev–Trinajstić information content (AvgIpc) is 2.97. The normalized spacial score (nSPS) is 11.6. The van der Waals surface area contributed by atoms with Gasteiger partial charge in [-0.05, 0) is 26.7 Å². The summed E-state index contributed by atoms with van der Waals surface area (Å²) in [6, 6.07) is 0. The molecule has 0 aliphatic carbocycles. The van der Waals surface area contributed by atoms with Gasteiger partial charge in [-0.1, -0.05) is 181 Å². The van der Waals surface area contributed by atoms with Crippen LogP contribution >= 0.6 is 0 Å². The zero-order chi connectivity index (χ0) is 31.7. The zero-order valence-electron chi connectivity index (χ0n) is 29.9. The topological polar surface area (TPSA) is 55.4 Å². The predicted molar refractivity (Wildman–Crippen MR) is 188 cm³/mol. The summed E-state index contributed by atoms with van der Waals surface area (Å²) in [7, 11) is 0. The summed E-state index contributed by atoms with van der Waals surface area (Å²) in [5.41, 5.74) is -0.345. The van der Waals surface area contributed by atoms with Gasteiger partial charge in [-0.15, -0.1) is 0 Å². The highest BCUT2D eigenvalue weighted by molar-refractivity contribution is 5.76. The monoisotopic (exact) mass is 608 g/mol. The molecular formula is C39H77NO3. The first-order valence-electron chi connectivity index (χ1n) is 19.4. The molecule has 0 saturated carbocycles. The van der Waals surface area contributed by atoms with E-state index in [0.717, 1.165) is 25.7 Å². The highest BCUT2D eigenvalue weighted by atomic mass is 16.5. The van der Waals surface area contributed by atoms with Gasteiger partial charge in [0.25, 0.3) is 0 Å². The number of amides is 1. The molecule has 0 aliphatic rings. The summed E-state index contributed by atoms with van der Waals surface area (Å²) in [5, 5.41) is 3.15. The minimum absolute atomic E-state index is 0.0944. The number of nitrogens with one attached hydrogen (secondary N) is 1. The Morgan fingerprint density at radius 1 is 0.465 bits per heavy atom. The summed E-state index contributed by atoms with van der Waals surface area (Å²) >= 11 is 0. The van der Waals surface area contributed by atoms with Crippen molar-refractivity contribution in [2.45, 2.75) is 232 Å². The van der Waals surface area contributed by atoms with Crippen molar-refractivity contribution in [2.75, 3.05) is 6.61 Å². The third-order valence-corrected chi connectivity index (χ3v) is 8.96. The number of esters is 1. The number of ether oxygens (including phenoxy) is 1. The number of unbranched alkanes of at least 4 members (excludes halogenated alkanes) is 26. The standard InChI is InChI=1S/C39H77NO3/c1-5-7-9-11-13-15-17-19-20-22-23-25-27-29-31-33-37(41)40-39(3,4)35-36-43-38(42)34-32-30-28-26-24-21-18-16-14-12-10-8-6-2/h5-36H2,1-4H3,(H,40,41). The van der Waals surface area contributed by atoms with Gasteiger partial charge in [0.1, 0.15) is 0 Å². The molecule has 0 unspecified atom stereocenters. The molecule has 0 aromatic rings. The van der Waals surface area contributed by atoms with Gasteiger partial charge >= 0.3 is 5.97 Å². The quantitative estimate of drug-likeness (QED) is 0.0584. The Labute approximate surface area is 270 Å². The SMILES string of the molecule is CCCCCCCCCCCCCCCCCC(=O)NC(C)(C)CCOC(=O)CCCCCCCCCCCCCCC. The molecule has 0 rings (SSSR count). The van der Waals surface area contributed by atoms with E-state index in [0.29, 0.717) is 25.9 Å². The maximum absolute atomic E-state index is 12.4. The Morgan fingerprint density at radius 3 is 1.12 bits per heavy atom. The maximum Gasteiger partial charge on any atom is 0.305 e. The molecule has 43 heavy (non-hydrogen) atoms. The summed E-state index contributed by atoms with van der Waals surface area (Å²) in [6.45, 7) is 8.98. The van der Waals surface area contributed by atoms with Crippen LogP contribution in [0.25, 0.3) is 0 Å². The van der Waals surface area contributed by atoms with E-state index in [2.05, 4.69) is 19.2 Å². The van der Waals surface area contributed by atoms with E-state index >= 15 is 0 Å². The molecule has 0 spiro atoms. The van der Waals surface area contributed by atoms with Crippen molar-refractivity contribution in [3.8, 4) is 0 Å². The van der Waals surface area contributed by atoms with Crippen LogP contribution in [0.5, 0.6) is 0 Å². The van der Waals surface area contributed by atoms with Gasteiger partial charge in [-0.2, -0.15) is 0 Å². The molecule has 4 heteroatoms. The molecule has 0 saturated heterocycles. The van der Waals surface area contributed by atoms with Crippen molar-refractivity contribution in [1.29, 1.82) is 0 Å². The summed E-state index contributed by atoms with van der Waals surface area (Å²) in [4.78, 5) is 24.5. The Balaban J connectivity index is 3.51. The van der Waals surface area contributed by atoms with Gasteiger partial charge < -0.3 is 10.1 Å². The fourth-order valence-corrected chi connectivity index (χ4v) is 5.94. The van der Waals surface area contributed by atoms with Crippen LogP contribution < -0.4 is 5.32 Å². The first-order valence-corrected chi connectivity index (χ1v) is 19.4. The van der Waals surface area contributed by atoms with Crippen molar-refractivity contribution >= 4 is 11.9 Å². The van der Waals surface area contributed by atoms with Crippen molar-refractivity contribution in [3.05, 3.63) is 0 Å². The van der Waals surface area contributed by atoms with Crippen LogP contribution in [0.2, 0.25) is 0 Å². The van der Waals surface area contributed by atoms with Gasteiger partial charge in [0.05, 0.1) is 6.61 Å². The van der Waals surface area contributed by atoms with E-state index in [9.17, 15) is 9.59 Å². The van der Waals surface area contributed by atoms with E-state index < -0.39 is 0 Å². The Hall–Kier alpha value is -1.06. The second kappa shape index (κ2) is 32.3. The van der Waals surface area contributed by atoms with Crippen LogP contribution in [0, 0.1) is 0 Å². The molecule has 0 aromatic heterocycles. The van der Waals surface area contributed by atoms with Crippen molar-refractivity contribution in [2.24, 2.45) is 0 Å². The molecule has 0 atom stereocenters. The highest BCUT2D eigenvalue weighted by Crippen LogP contribution is 2.16. The van der Waals surface area contributed by atoms with Crippen LogP contribution in [0.1, 0.15) is 227 Å². The van der Waals surface area contributed by atoms with Gasteiger partial charge in [0.2, 0.25) is 5.91 Å². The highest BCUT2D eigenvalue weighted by Gasteiger charge is 2.20. The van der Waals surface area contributed by atoms with Crippen molar-refractivity contribution in [1.82, 2.24) is 5.32 Å². The third-order valence-electron chi connectivity index (χ3n) is 8.96. The molecule has 0 fully saturated rings. The van der Waals surface area contributed by atoms with E-state index in [4.69, 9.17) is 4.74 Å². The molecule has 0 heterocycles. The minimum Gasteiger partial charge on any atom is -0.466 e. The minimum atomic E-state index is -0.345. The third kappa shape index (κ3) is 33.7. The van der Waals surface area contributed by atoms with Crippen LogP contribution in [0.4, 0.5) is 0 Å². The second-order valence-corrected chi connectivity index (χ2v) is 14.1. The molecule has 4 nitrogen and oxygen atoms in total. The molecule has 0 bridgehead atoms. The molecule has 0 aromatic carbocycles. The fourth-order valence-electron chi connectivity index (χ4n) is 5.94. The first kappa shape index (κ1) is 41.9. The predicted octanol–water partition coefficient (Wildman–Crippen LogP) is 12.6. The van der Waals surface area contributed by atoms with Crippen molar-refractivity contribution in [3.63, 3.8) is 0 Å². The van der Waals surface area contributed by atoms with Gasteiger partial charge in [0, 0.05) is 24.8 Å². The molecule has 1 amide bonds. The Bertz CT molecular complexity index is 603. The summed E-state index contributed by atoms with van der Waals surface area (Å²) in [6.07, 6.45) is 38.8. The first-order chi connectivity index (χ1) is 20.9. The van der Waals surface area contributed by atoms with E-state index in [1.54, 1.807) is 0 Å². The van der Waals surface area contributed by atoms with Crippen LogP contribution in [-0.4, -0.2) is 24.0 Å². The summed E-state index contributed by atoms with van der Waals surface area (Å²) < 4.78 is 5.47. The molecule has 1 N–H and O–H groups in total. The van der Waals surface area contributed by atoms with Gasteiger partial charge in [-0.3, -0.25) is 9.59 Å². The Morgan fingerprint density at radius 2 is 0.767 bits per heavy atom. The lowest BCUT2D eigenvalue weighted by Gasteiger charge is -2.26.